The normalized spacial score (nSPS) is 14.2. The van der Waals surface area contributed by atoms with Crippen LogP contribution >= 0.6 is 0 Å². The molecule has 0 atom stereocenters. The van der Waals surface area contributed by atoms with Gasteiger partial charge in [-0.2, -0.15) is 0 Å². The number of benzene rings is 1. The van der Waals surface area contributed by atoms with Crippen LogP contribution in [0.3, 0.4) is 0 Å². The monoisotopic (exact) mass is 447 g/mol. The Hall–Kier alpha value is -3.05. The molecule has 0 radical (unpaired) electrons. The minimum atomic E-state index is -3.27. The van der Waals surface area contributed by atoms with Crippen LogP contribution in [0.1, 0.15) is 12.6 Å². The largest absolute Gasteiger partial charge is 0.378 e. The molecule has 0 saturated carbocycles. The van der Waals surface area contributed by atoms with Crippen molar-refractivity contribution < 1.29 is 22.7 Å². The highest BCUT2D eigenvalue weighted by molar-refractivity contribution is 7.89. The highest BCUT2D eigenvalue weighted by atomic mass is 32.2. The third-order valence-electron chi connectivity index (χ3n) is 4.44. The van der Waals surface area contributed by atoms with E-state index in [1.165, 1.54) is 13.2 Å². The van der Waals surface area contributed by atoms with Gasteiger partial charge >= 0.3 is 0 Å². The van der Waals surface area contributed by atoms with Crippen LogP contribution in [0.4, 0.5) is 11.5 Å². The van der Waals surface area contributed by atoms with E-state index >= 15 is 0 Å². The van der Waals surface area contributed by atoms with E-state index in [1.54, 1.807) is 30.3 Å². The van der Waals surface area contributed by atoms with Crippen LogP contribution in [0.5, 0.6) is 0 Å². The van der Waals surface area contributed by atoms with Crippen molar-refractivity contribution in [3.8, 4) is 11.4 Å². The summed E-state index contributed by atoms with van der Waals surface area (Å²) in [5, 5.41) is 5.12. The number of nitrogens with one attached hydrogen (secondary N) is 2. The number of rotatable bonds is 7. The van der Waals surface area contributed by atoms with E-state index in [0.29, 0.717) is 54.9 Å². The summed E-state index contributed by atoms with van der Waals surface area (Å²) < 4.78 is 29.0. The molecule has 1 aromatic carbocycles. The number of amides is 2. The number of carbonyl (C=O) groups is 2. The van der Waals surface area contributed by atoms with Crippen LogP contribution < -0.4 is 15.5 Å². The fraction of sp³-hybridized carbons (Fsp3) is 0.400. The molecule has 31 heavy (non-hydrogen) atoms. The number of anilines is 2. The fourth-order valence-corrected chi connectivity index (χ4v) is 3.71. The van der Waals surface area contributed by atoms with Gasteiger partial charge in [0.05, 0.1) is 31.2 Å². The minimum Gasteiger partial charge on any atom is -0.378 e. The summed E-state index contributed by atoms with van der Waals surface area (Å²) in [4.78, 5) is 33.9. The first-order chi connectivity index (χ1) is 14.7. The molecular weight excluding hydrogens is 422 g/mol. The number of hydrogen-bond acceptors (Lipinski definition) is 8. The number of sulfone groups is 1. The van der Waals surface area contributed by atoms with Crippen molar-refractivity contribution in [2.75, 3.05) is 49.3 Å². The van der Waals surface area contributed by atoms with Crippen LogP contribution in [-0.4, -0.2) is 69.3 Å². The molecule has 0 spiro atoms. The molecule has 0 bridgehead atoms. The first kappa shape index (κ1) is 22.6. The van der Waals surface area contributed by atoms with Gasteiger partial charge in [0.2, 0.25) is 11.8 Å². The summed E-state index contributed by atoms with van der Waals surface area (Å²) in [6, 6.07) is 8.59. The summed E-state index contributed by atoms with van der Waals surface area (Å²) in [5.41, 5.74) is 1.66. The number of ether oxygens (including phenoxy) is 1. The highest BCUT2D eigenvalue weighted by Gasteiger charge is 2.17. The Labute approximate surface area is 180 Å². The van der Waals surface area contributed by atoms with Crippen molar-refractivity contribution in [3.05, 3.63) is 36.0 Å². The zero-order valence-corrected chi connectivity index (χ0v) is 18.2. The molecule has 1 aliphatic heterocycles. The Morgan fingerprint density at radius 2 is 1.81 bits per heavy atom. The van der Waals surface area contributed by atoms with Crippen LogP contribution in [0.15, 0.2) is 30.3 Å². The van der Waals surface area contributed by atoms with Crippen molar-refractivity contribution in [1.82, 2.24) is 15.3 Å². The van der Waals surface area contributed by atoms with Gasteiger partial charge in [-0.1, -0.05) is 0 Å². The molecule has 1 saturated heterocycles. The lowest BCUT2D eigenvalue weighted by atomic mass is 10.2. The van der Waals surface area contributed by atoms with E-state index in [2.05, 4.69) is 20.6 Å². The van der Waals surface area contributed by atoms with Gasteiger partial charge in [0.25, 0.3) is 0 Å². The second kappa shape index (κ2) is 9.84. The number of carbonyl (C=O) groups excluding carboxylic acids is 2. The van der Waals surface area contributed by atoms with E-state index in [4.69, 9.17) is 4.74 Å². The first-order valence-corrected chi connectivity index (χ1v) is 11.8. The van der Waals surface area contributed by atoms with E-state index in [1.807, 2.05) is 4.90 Å². The van der Waals surface area contributed by atoms with E-state index in [-0.39, 0.29) is 24.1 Å². The van der Waals surface area contributed by atoms with Gasteiger partial charge in [-0.15, -0.1) is 0 Å². The van der Waals surface area contributed by atoms with Gasteiger partial charge in [0.1, 0.15) is 5.82 Å². The van der Waals surface area contributed by atoms with Crippen molar-refractivity contribution in [3.63, 3.8) is 0 Å². The van der Waals surface area contributed by atoms with Gasteiger partial charge < -0.3 is 20.3 Å². The molecule has 1 aliphatic rings. The van der Waals surface area contributed by atoms with Crippen molar-refractivity contribution in [2.24, 2.45) is 0 Å². The topological polar surface area (TPSA) is 131 Å². The zero-order chi connectivity index (χ0) is 22.4. The maximum Gasteiger partial charge on any atom is 0.243 e. The van der Waals surface area contributed by atoms with Gasteiger partial charge in [-0.25, -0.2) is 18.4 Å². The molecule has 0 unspecified atom stereocenters. The molecule has 11 heteroatoms. The predicted octanol–water partition coefficient (Wildman–Crippen LogP) is 0.599. The Morgan fingerprint density at radius 1 is 1.13 bits per heavy atom. The summed E-state index contributed by atoms with van der Waals surface area (Å²) >= 11 is 0. The Balaban J connectivity index is 1.83. The molecule has 3 rings (SSSR count). The Bertz CT molecular complexity index is 1050. The Kier molecular flexibility index (Phi) is 7.18. The lowest BCUT2D eigenvalue weighted by Gasteiger charge is -2.28. The maximum atomic E-state index is 11.8. The van der Waals surface area contributed by atoms with Crippen molar-refractivity contribution >= 4 is 33.2 Å². The minimum absolute atomic E-state index is 0.114. The average Bonchev–Trinajstić information content (AvgIpc) is 2.72. The molecule has 2 amide bonds. The van der Waals surface area contributed by atoms with Gasteiger partial charge in [-0.05, 0) is 24.3 Å². The molecule has 0 aliphatic carbocycles. The summed E-state index contributed by atoms with van der Waals surface area (Å²) in [6.07, 6.45) is 1.17. The SMILES string of the molecule is CC(=O)NCC(=O)Nc1ccc(-c2nc(CS(C)(=O)=O)cc(N3CCOCC3)n2)cc1. The molecule has 1 aromatic heterocycles. The second-order valence-corrected chi connectivity index (χ2v) is 9.39. The zero-order valence-electron chi connectivity index (χ0n) is 17.4. The standard InChI is InChI=1S/C20H25N5O5S/c1-14(26)21-12-19(27)22-16-5-3-15(4-6-16)20-23-17(13-31(2,28)29)11-18(24-20)25-7-9-30-10-8-25/h3-6,11H,7-10,12-13H2,1-2H3,(H,21,26)(H,22,27). The van der Waals surface area contributed by atoms with E-state index in [9.17, 15) is 18.0 Å². The molecule has 2 heterocycles. The first-order valence-electron chi connectivity index (χ1n) is 9.73. The van der Waals surface area contributed by atoms with Gasteiger partial charge in [0, 0.05) is 43.6 Å². The van der Waals surface area contributed by atoms with Gasteiger partial charge in [-0.3, -0.25) is 9.59 Å². The fourth-order valence-electron chi connectivity index (χ4n) is 3.02. The average molecular weight is 448 g/mol. The smallest absolute Gasteiger partial charge is 0.243 e. The number of nitrogens with zero attached hydrogens (tertiary/aromatic N) is 3. The van der Waals surface area contributed by atoms with Crippen molar-refractivity contribution in [1.29, 1.82) is 0 Å². The molecule has 2 N–H and O–H groups in total. The van der Waals surface area contributed by atoms with E-state index in [0.717, 1.165) is 0 Å². The van der Waals surface area contributed by atoms with Gasteiger partial charge in [0.15, 0.2) is 15.7 Å². The lowest BCUT2D eigenvalue weighted by molar-refractivity contribution is -0.122. The molecule has 10 nitrogen and oxygen atoms in total. The van der Waals surface area contributed by atoms with E-state index < -0.39 is 9.84 Å². The lowest BCUT2D eigenvalue weighted by Crippen LogP contribution is -2.37. The quantitative estimate of drug-likeness (QED) is 0.631. The highest BCUT2D eigenvalue weighted by Crippen LogP contribution is 2.23. The van der Waals surface area contributed by atoms with Crippen LogP contribution in [0, 0.1) is 0 Å². The number of hydrogen-bond donors (Lipinski definition) is 2. The van der Waals surface area contributed by atoms with Crippen LogP contribution in [-0.2, 0) is 29.9 Å². The Morgan fingerprint density at radius 3 is 2.42 bits per heavy atom. The van der Waals surface area contributed by atoms with Crippen molar-refractivity contribution in [2.45, 2.75) is 12.7 Å². The number of morpholine rings is 1. The predicted molar refractivity (Wildman–Crippen MR) is 116 cm³/mol. The third kappa shape index (κ3) is 7.00. The molecular formula is C20H25N5O5S. The number of aromatic nitrogens is 2. The third-order valence-corrected chi connectivity index (χ3v) is 5.26. The molecule has 166 valence electrons. The summed E-state index contributed by atoms with van der Waals surface area (Å²) in [7, 11) is -3.27. The molecule has 2 aromatic rings. The summed E-state index contributed by atoms with van der Waals surface area (Å²) in [6.45, 7) is 3.70. The van der Waals surface area contributed by atoms with Crippen LogP contribution in [0.25, 0.3) is 11.4 Å². The van der Waals surface area contributed by atoms with Crippen LogP contribution in [0.2, 0.25) is 0 Å². The molecule has 1 fully saturated rings. The maximum absolute atomic E-state index is 11.8. The summed E-state index contributed by atoms with van der Waals surface area (Å²) in [5.74, 6) is 0.243. The second-order valence-electron chi connectivity index (χ2n) is 7.25.